The molecule has 0 amide bonds. The van der Waals surface area contributed by atoms with E-state index in [4.69, 9.17) is 26.1 Å². The summed E-state index contributed by atoms with van der Waals surface area (Å²) in [5.41, 5.74) is 2.09. The van der Waals surface area contributed by atoms with E-state index in [1.54, 1.807) is 44.0 Å². The third kappa shape index (κ3) is 4.97. The lowest BCUT2D eigenvalue weighted by Crippen LogP contribution is -2.25. The fourth-order valence-corrected chi connectivity index (χ4v) is 7.27. The number of hydrogen-bond acceptors (Lipinski definition) is 9. The second-order valence-electron chi connectivity index (χ2n) is 12.8. The van der Waals surface area contributed by atoms with Crippen molar-refractivity contribution in [3.8, 4) is 0 Å². The van der Waals surface area contributed by atoms with Crippen molar-refractivity contribution >= 4 is 29.4 Å². The summed E-state index contributed by atoms with van der Waals surface area (Å²) in [7, 11) is 0. The lowest BCUT2D eigenvalue weighted by Gasteiger charge is -2.22. The summed E-state index contributed by atoms with van der Waals surface area (Å²) in [4.78, 5) is 36.9. The van der Waals surface area contributed by atoms with E-state index in [9.17, 15) is 9.59 Å². The number of carbonyl (C=O) groups is 2. The van der Waals surface area contributed by atoms with Gasteiger partial charge in [0.15, 0.2) is 0 Å². The Morgan fingerprint density at radius 1 is 0.889 bits per heavy atom. The van der Waals surface area contributed by atoms with Gasteiger partial charge in [-0.25, -0.2) is 19.6 Å². The molecule has 4 aromatic heterocycles. The van der Waals surface area contributed by atoms with E-state index < -0.39 is 17.5 Å². The SMILES string of the molecule is CCOC(=O)c1cnn(C2(c3ccc(N4CC5CC5C4)nc3)CC2CCOC(=O)c2cnn(C3(c4ccc(Cl)nc4)CC3)c2)c1. The Morgan fingerprint density at radius 3 is 2.24 bits per heavy atom. The summed E-state index contributed by atoms with van der Waals surface area (Å²) >= 11 is 5.97. The Balaban J connectivity index is 0.954. The van der Waals surface area contributed by atoms with Crippen molar-refractivity contribution in [3.63, 3.8) is 0 Å². The Hall–Kier alpha value is -4.25. The van der Waals surface area contributed by atoms with Crippen molar-refractivity contribution in [2.75, 3.05) is 31.2 Å². The number of piperidine rings is 1. The van der Waals surface area contributed by atoms with Crippen molar-refractivity contribution in [1.82, 2.24) is 29.5 Å². The maximum absolute atomic E-state index is 13.0. The van der Waals surface area contributed by atoms with Crippen LogP contribution in [0.15, 0.2) is 61.4 Å². The molecular weight excluding hydrogens is 594 g/mol. The Labute approximate surface area is 265 Å². The highest BCUT2D eigenvalue weighted by molar-refractivity contribution is 6.29. The fraction of sp³-hybridized carbons (Fsp3) is 0.455. The molecule has 0 aromatic carbocycles. The summed E-state index contributed by atoms with van der Waals surface area (Å²) in [6.07, 6.45) is 14.9. The number of nitrogens with zero attached hydrogens (tertiary/aromatic N) is 7. The lowest BCUT2D eigenvalue weighted by atomic mass is 10.0. The second kappa shape index (κ2) is 10.7. The molecule has 8 rings (SSSR count). The summed E-state index contributed by atoms with van der Waals surface area (Å²) in [6.45, 7) is 4.49. The van der Waals surface area contributed by atoms with Crippen LogP contribution in [-0.4, -0.2) is 67.8 Å². The number of fused-ring (bicyclic) bond motifs is 1. The van der Waals surface area contributed by atoms with E-state index in [1.165, 1.54) is 6.42 Å². The molecule has 4 aromatic rings. The highest BCUT2D eigenvalue weighted by Gasteiger charge is 2.58. The minimum absolute atomic E-state index is 0.141. The maximum atomic E-state index is 13.0. The standard InChI is InChI=1S/C33H34ClN7O4/c1-2-44-30(42)24-14-38-41(20-24)33(27-4-6-29(36-16-27)39-17-21-11-22(21)18-39)12-25(33)7-10-45-31(43)23-13-37-40(19-23)32(8-9-32)26-3-5-28(34)35-15-26/h3-6,13-16,19-22,25H,2,7-12,17-18H2,1H3. The topological polar surface area (TPSA) is 117 Å². The van der Waals surface area contributed by atoms with Crippen LogP contribution in [0, 0.1) is 17.8 Å². The van der Waals surface area contributed by atoms with Crippen LogP contribution in [0.5, 0.6) is 0 Å². The maximum Gasteiger partial charge on any atom is 0.341 e. The van der Waals surface area contributed by atoms with Crippen LogP contribution in [0.3, 0.4) is 0 Å². The Kier molecular flexibility index (Phi) is 6.70. The number of aromatic nitrogens is 6. The number of pyridine rings is 2. The predicted molar refractivity (Wildman–Crippen MR) is 164 cm³/mol. The largest absolute Gasteiger partial charge is 0.462 e. The molecule has 0 radical (unpaired) electrons. The average molecular weight is 628 g/mol. The van der Waals surface area contributed by atoms with Gasteiger partial charge in [-0.2, -0.15) is 10.2 Å². The van der Waals surface area contributed by atoms with E-state index >= 15 is 0 Å². The Bertz CT molecular complexity index is 1740. The number of hydrogen-bond donors (Lipinski definition) is 0. The number of esters is 2. The first kappa shape index (κ1) is 28.2. The molecule has 4 aliphatic rings. The lowest BCUT2D eigenvalue weighted by molar-refractivity contribution is 0.0488. The molecule has 0 bridgehead atoms. The van der Waals surface area contributed by atoms with Crippen LogP contribution >= 0.6 is 11.6 Å². The van der Waals surface area contributed by atoms with Crippen molar-refractivity contribution in [2.24, 2.45) is 17.8 Å². The van der Waals surface area contributed by atoms with Gasteiger partial charge in [0, 0.05) is 37.9 Å². The van der Waals surface area contributed by atoms with Gasteiger partial charge in [-0.3, -0.25) is 9.36 Å². The first-order valence-corrected chi connectivity index (χ1v) is 16.1. The minimum Gasteiger partial charge on any atom is -0.462 e. The van der Waals surface area contributed by atoms with Gasteiger partial charge in [-0.1, -0.05) is 23.7 Å². The number of rotatable bonds is 11. The van der Waals surface area contributed by atoms with Gasteiger partial charge in [0.2, 0.25) is 0 Å². The molecule has 1 aliphatic heterocycles. The van der Waals surface area contributed by atoms with Crippen LogP contribution in [-0.2, 0) is 20.6 Å². The fourth-order valence-electron chi connectivity index (χ4n) is 7.16. The first-order valence-electron chi connectivity index (χ1n) is 15.7. The second-order valence-corrected chi connectivity index (χ2v) is 13.2. The summed E-state index contributed by atoms with van der Waals surface area (Å²) in [5.74, 6) is 1.98. The van der Waals surface area contributed by atoms with Crippen LogP contribution in [0.4, 0.5) is 5.82 Å². The molecular formula is C33H34ClN7O4. The molecule has 4 unspecified atom stereocenters. The van der Waals surface area contributed by atoms with Gasteiger partial charge in [0.25, 0.3) is 0 Å². The van der Waals surface area contributed by atoms with Crippen LogP contribution < -0.4 is 4.90 Å². The summed E-state index contributed by atoms with van der Waals surface area (Å²) in [5, 5.41) is 9.53. The molecule has 4 fully saturated rings. The molecule has 5 heterocycles. The summed E-state index contributed by atoms with van der Waals surface area (Å²) in [6, 6.07) is 7.95. The van der Waals surface area contributed by atoms with Gasteiger partial charge < -0.3 is 14.4 Å². The molecule has 4 atom stereocenters. The first-order chi connectivity index (χ1) is 21.9. The predicted octanol–water partition coefficient (Wildman–Crippen LogP) is 4.70. The van der Waals surface area contributed by atoms with Crippen molar-refractivity contribution in [2.45, 2.75) is 50.1 Å². The zero-order valence-electron chi connectivity index (χ0n) is 25.0. The highest BCUT2D eigenvalue weighted by Crippen LogP contribution is 2.57. The number of anilines is 1. The van der Waals surface area contributed by atoms with E-state index in [2.05, 4.69) is 32.2 Å². The van der Waals surface area contributed by atoms with Crippen LogP contribution in [0.25, 0.3) is 0 Å². The summed E-state index contributed by atoms with van der Waals surface area (Å²) < 4.78 is 14.6. The highest BCUT2D eigenvalue weighted by atomic mass is 35.5. The van der Waals surface area contributed by atoms with Gasteiger partial charge in [0.05, 0.1) is 47.8 Å². The molecule has 0 N–H and O–H groups in total. The number of carbonyl (C=O) groups excluding carboxylic acids is 2. The molecule has 232 valence electrons. The van der Waals surface area contributed by atoms with Crippen molar-refractivity contribution in [3.05, 3.63) is 88.9 Å². The molecule has 11 nitrogen and oxygen atoms in total. The molecule has 12 heteroatoms. The molecule has 3 aliphatic carbocycles. The van der Waals surface area contributed by atoms with Gasteiger partial charge in [-0.05, 0) is 80.0 Å². The van der Waals surface area contributed by atoms with Gasteiger partial charge >= 0.3 is 11.9 Å². The quantitative estimate of drug-likeness (QED) is 0.172. The number of ether oxygens (including phenoxy) is 2. The van der Waals surface area contributed by atoms with Gasteiger partial charge in [-0.15, -0.1) is 0 Å². The third-order valence-electron chi connectivity index (χ3n) is 10.1. The van der Waals surface area contributed by atoms with Gasteiger partial charge in [0.1, 0.15) is 11.0 Å². The van der Waals surface area contributed by atoms with E-state index in [1.807, 2.05) is 21.6 Å². The average Bonchev–Trinajstić information content (AvgIpc) is 3.99. The zero-order chi connectivity index (χ0) is 30.8. The third-order valence-corrected chi connectivity index (χ3v) is 10.3. The molecule has 3 saturated carbocycles. The number of halogens is 1. The van der Waals surface area contributed by atoms with Crippen molar-refractivity contribution in [1.29, 1.82) is 0 Å². The van der Waals surface area contributed by atoms with E-state index in [0.717, 1.165) is 61.1 Å². The van der Waals surface area contributed by atoms with Crippen molar-refractivity contribution < 1.29 is 19.1 Å². The molecule has 45 heavy (non-hydrogen) atoms. The Morgan fingerprint density at radius 2 is 1.58 bits per heavy atom. The van der Waals surface area contributed by atoms with Crippen LogP contribution in [0.1, 0.15) is 70.9 Å². The molecule has 1 saturated heterocycles. The monoisotopic (exact) mass is 627 g/mol. The van der Waals surface area contributed by atoms with E-state index in [-0.39, 0.29) is 18.1 Å². The minimum atomic E-state index is -0.480. The normalized spacial score (nSPS) is 25.5. The van der Waals surface area contributed by atoms with Crippen LogP contribution in [0.2, 0.25) is 5.15 Å². The zero-order valence-corrected chi connectivity index (χ0v) is 25.8. The van der Waals surface area contributed by atoms with E-state index in [0.29, 0.717) is 29.3 Å². The smallest absolute Gasteiger partial charge is 0.341 e. The molecule has 0 spiro atoms.